The first-order valence-electron chi connectivity index (χ1n) is 11.8. The maximum Gasteiger partial charge on any atom is 0.314 e. The number of hydrogen-bond donors (Lipinski definition) is 1. The second kappa shape index (κ2) is 8.41. The molecular formula is C26H28F2O5S. The van der Waals surface area contributed by atoms with Gasteiger partial charge in [0.05, 0.1) is 27.8 Å². The molecule has 0 atom stereocenters. The Bertz CT molecular complexity index is 1190. The summed E-state index contributed by atoms with van der Waals surface area (Å²) in [5.41, 5.74) is -1.22. The van der Waals surface area contributed by atoms with Gasteiger partial charge in [-0.3, -0.25) is 4.79 Å². The summed E-state index contributed by atoms with van der Waals surface area (Å²) in [6.45, 7) is 0.470. The lowest BCUT2D eigenvalue weighted by molar-refractivity contribution is -0.151. The molecule has 8 heteroatoms. The van der Waals surface area contributed by atoms with E-state index in [0.29, 0.717) is 36.5 Å². The maximum absolute atomic E-state index is 14.7. The van der Waals surface area contributed by atoms with Crippen molar-refractivity contribution in [3.8, 4) is 0 Å². The van der Waals surface area contributed by atoms with Gasteiger partial charge in [-0.2, -0.15) is 0 Å². The van der Waals surface area contributed by atoms with Crippen LogP contribution >= 0.6 is 0 Å². The third-order valence-corrected chi connectivity index (χ3v) is 9.94. The zero-order valence-electron chi connectivity index (χ0n) is 18.8. The molecule has 0 aliphatic heterocycles. The number of aliphatic carboxylic acids is 1. The molecular weight excluding hydrogens is 462 g/mol. The number of carboxylic acid groups (broad SMARTS) is 1. The van der Waals surface area contributed by atoms with Crippen molar-refractivity contribution in [2.45, 2.75) is 72.5 Å². The van der Waals surface area contributed by atoms with E-state index in [9.17, 15) is 27.1 Å². The molecule has 5 rings (SSSR count). The monoisotopic (exact) mass is 490 g/mol. The van der Waals surface area contributed by atoms with Crippen molar-refractivity contribution in [2.75, 3.05) is 6.61 Å². The number of carbonyl (C=O) groups is 1. The summed E-state index contributed by atoms with van der Waals surface area (Å²) >= 11 is 0. The predicted molar refractivity (Wildman–Crippen MR) is 121 cm³/mol. The van der Waals surface area contributed by atoms with E-state index < -0.39 is 43.7 Å². The molecule has 3 aliphatic rings. The van der Waals surface area contributed by atoms with Gasteiger partial charge in [-0.15, -0.1) is 0 Å². The fourth-order valence-electron chi connectivity index (χ4n) is 5.11. The number of benzene rings is 2. The van der Waals surface area contributed by atoms with Gasteiger partial charge in [0.25, 0.3) is 0 Å². The average molecular weight is 491 g/mol. The summed E-state index contributed by atoms with van der Waals surface area (Å²) < 4.78 is 60.3. The first-order valence-corrected chi connectivity index (χ1v) is 13.4. The average Bonchev–Trinajstić information content (AvgIpc) is 3.71. The zero-order valence-corrected chi connectivity index (χ0v) is 19.6. The molecule has 2 aromatic rings. The minimum absolute atomic E-state index is 0.0343. The van der Waals surface area contributed by atoms with E-state index in [1.165, 1.54) is 36.4 Å². The predicted octanol–water partition coefficient (Wildman–Crippen LogP) is 5.12. The highest BCUT2D eigenvalue weighted by Gasteiger charge is 2.50. The molecule has 34 heavy (non-hydrogen) atoms. The first kappa shape index (κ1) is 23.4. The second-order valence-corrected chi connectivity index (χ2v) is 12.3. The quantitative estimate of drug-likeness (QED) is 0.556. The smallest absolute Gasteiger partial charge is 0.314 e. The first-order chi connectivity index (χ1) is 16.1. The summed E-state index contributed by atoms with van der Waals surface area (Å²) in [5.74, 6) is -1.65. The molecule has 0 unspecified atom stereocenters. The lowest BCUT2D eigenvalue weighted by Crippen LogP contribution is -2.46. The van der Waals surface area contributed by atoms with Crippen LogP contribution in [0.1, 0.15) is 62.5 Å². The molecule has 3 aliphatic carbocycles. The van der Waals surface area contributed by atoms with Crippen molar-refractivity contribution in [3.63, 3.8) is 0 Å². The Morgan fingerprint density at radius 3 is 2.12 bits per heavy atom. The summed E-state index contributed by atoms with van der Waals surface area (Å²) in [7, 11) is -3.60. The van der Waals surface area contributed by atoms with Gasteiger partial charge >= 0.3 is 5.97 Å². The van der Waals surface area contributed by atoms with Crippen LogP contribution in [0.4, 0.5) is 8.78 Å². The van der Waals surface area contributed by atoms with Crippen LogP contribution in [0.25, 0.3) is 0 Å². The molecule has 0 radical (unpaired) electrons. The minimum atomic E-state index is -3.60. The van der Waals surface area contributed by atoms with Crippen LogP contribution in [0, 0.1) is 17.6 Å². The Labute approximate surface area is 198 Å². The van der Waals surface area contributed by atoms with Crippen molar-refractivity contribution >= 4 is 15.8 Å². The molecule has 0 spiro atoms. The fraction of sp³-hybridized carbons (Fsp3) is 0.500. The number of sulfone groups is 1. The zero-order chi connectivity index (χ0) is 24.1. The highest BCUT2D eigenvalue weighted by atomic mass is 32.2. The van der Waals surface area contributed by atoms with Crippen LogP contribution in [0.3, 0.4) is 0 Å². The van der Waals surface area contributed by atoms with E-state index in [1.807, 2.05) is 0 Å². The summed E-state index contributed by atoms with van der Waals surface area (Å²) in [5, 5.41) is 9.71. The van der Waals surface area contributed by atoms with Crippen LogP contribution < -0.4 is 0 Å². The summed E-state index contributed by atoms with van der Waals surface area (Å²) in [6.07, 6.45) is 4.25. The van der Waals surface area contributed by atoms with Crippen molar-refractivity contribution in [2.24, 2.45) is 5.92 Å². The highest BCUT2D eigenvalue weighted by Crippen LogP contribution is 2.51. The van der Waals surface area contributed by atoms with Gasteiger partial charge < -0.3 is 9.84 Å². The molecule has 2 aromatic carbocycles. The molecule has 3 fully saturated rings. The van der Waals surface area contributed by atoms with E-state index in [2.05, 4.69) is 0 Å². The van der Waals surface area contributed by atoms with Crippen LogP contribution in [0.15, 0.2) is 47.4 Å². The molecule has 1 N–H and O–H groups in total. The van der Waals surface area contributed by atoms with Crippen molar-refractivity contribution in [1.82, 2.24) is 0 Å². The third kappa shape index (κ3) is 4.26. The molecule has 5 nitrogen and oxygen atoms in total. The van der Waals surface area contributed by atoms with Crippen LogP contribution in [-0.4, -0.2) is 31.4 Å². The standard InChI is InChI=1S/C26H28F2O5S/c27-20-5-3-18(4-6-20)25(24(29)30)9-11-26(12-10-25,33-16-17-1-2-17)19-13-21(28)15-23(14-19)34(31,32)22-7-8-22/h3-6,13-15,17,22H,1-2,7-12,16H2,(H,29,30)/t25-,26+. The van der Waals surface area contributed by atoms with Crippen LogP contribution in [0.5, 0.6) is 0 Å². The topological polar surface area (TPSA) is 80.7 Å². The lowest BCUT2D eigenvalue weighted by atomic mass is 9.63. The van der Waals surface area contributed by atoms with Gasteiger partial charge in [0.1, 0.15) is 11.6 Å². The van der Waals surface area contributed by atoms with E-state index in [4.69, 9.17) is 4.74 Å². The Hall–Kier alpha value is -2.32. The van der Waals surface area contributed by atoms with Gasteiger partial charge in [0.15, 0.2) is 9.84 Å². The minimum Gasteiger partial charge on any atom is -0.481 e. The normalized spacial score (nSPS) is 27.5. The van der Waals surface area contributed by atoms with Crippen molar-refractivity contribution in [1.29, 1.82) is 0 Å². The van der Waals surface area contributed by atoms with E-state index in [-0.39, 0.29) is 30.6 Å². The van der Waals surface area contributed by atoms with E-state index >= 15 is 0 Å². The number of halogens is 2. The van der Waals surface area contributed by atoms with Gasteiger partial charge in [0, 0.05) is 0 Å². The summed E-state index contributed by atoms with van der Waals surface area (Å²) in [4.78, 5) is 12.4. The third-order valence-electron chi connectivity index (χ3n) is 7.70. The number of hydrogen-bond acceptors (Lipinski definition) is 4. The highest BCUT2D eigenvalue weighted by molar-refractivity contribution is 7.92. The molecule has 0 bridgehead atoms. The Morgan fingerprint density at radius 1 is 0.912 bits per heavy atom. The Kier molecular flexibility index (Phi) is 5.80. The van der Waals surface area contributed by atoms with Gasteiger partial charge in [-0.05, 0) is 98.7 Å². The lowest BCUT2D eigenvalue weighted by Gasteiger charge is -2.45. The Morgan fingerprint density at radius 2 is 1.56 bits per heavy atom. The number of rotatable bonds is 8. The molecule has 0 heterocycles. The molecule has 0 saturated heterocycles. The van der Waals surface area contributed by atoms with Crippen molar-refractivity contribution in [3.05, 3.63) is 65.2 Å². The van der Waals surface area contributed by atoms with Gasteiger partial charge in [0.2, 0.25) is 0 Å². The second-order valence-electron chi connectivity index (χ2n) is 10.1. The van der Waals surface area contributed by atoms with Crippen LogP contribution in [-0.2, 0) is 30.4 Å². The molecule has 0 aromatic heterocycles. The molecule has 0 amide bonds. The maximum atomic E-state index is 14.7. The van der Waals surface area contributed by atoms with Crippen molar-refractivity contribution < 1.29 is 31.8 Å². The molecule has 182 valence electrons. The SMILES string of the molecule is O=C(O)[C@]1(c2ccc(F)cc2)CC[C@@](OCC2CC2)(c2cc(F)cc(S(=O)(=O)C3CC3)c2)CC1. The van der Waals surface area contributed by atoms with Crippen LogP contribution in [0.2, 0.25) is 0 Å². The molecule has 3 saturated carbocycles. The number of carboxylic acids is 1. The number of ether oxygens (including phenoxy) is 1. The van der Waals surface area contributed by atoms with Gasteiger partial charge in [-0.25, -0.2) is 17.2 Å². The van der Waals surface area contributed by atoms with E-state index in [1.54, 1.807) is 0 Å². The van der Waals surface area contributed by atoms with Gasteiger partial charge in [-0.1, -0.05) is 12.1 Å². The van der Waals surface area contributed by atoms with E-state index in [0.717, 1.165) is 18.9 Å². The summed E-state index contributed by atoms with van der Waals surface area (Å²) in [6, 6.07) is 9.43. The largest absolute Gasteiger partial charge is 0.481 e. The fourth-order valence-corrected chi connectivity index (χ4v) is 6.82. The Balaban J connectivity index is 1.51.